The van der Waals surface area contributed by atoms with Gasteiger partial charge in [-0.15, -0.1) is 0 Å². The Bertz CT molecular complexity index is 3000. The van der Waals surface area contributed by atoms with Crippen molar-refractivity contribution < 1.29 is 0 Å². The molecule has 0 amide bonds. The van der Waals surface area contributed by atoms with Crippen LogP contribution in [0.2, 0.25) is 0 Å². The quantitative estimate of drug-likeness (QED) is 0.170. The maximum absolute atomic E-state index is 2.57. The van der Waals surface area contributed by atoms with Gasteiger partial charge in [-0.3, -0.25) is 0 Å². The monoisotopic (exact) mass is 760 g/mol. The molecule has 2 saturated carbocycles. The Hall–Kier alpha value is -6.38. The van der Waals surface area contributed by atoms with Crippen LogP contribution in [-0.4, -0.2) is 4.57 Å². The summed E-state index contributed by atoms with van der Waals surface area (Å²) in [4.78, 5) is 2.54. The second-order valence-corrected chi connectivity index (χ2v) is 18.0. The summed E-state index contributed by atoms with van der Waals surface area (Å²) in [5, 5.41) is 5.08. The van der Waals surface area contributed by atoms with Gasteiger partial charge in [0.05, 0.1) is 16.7 Å². The van der Waals surface area contributed by atoms with Gasteiger partial charge in [0.25, 0.3) is 0 Å². The molecule has 0 saturated heterocycles. The van der Waals surface area contributed by atoms with Crippen molar-refractivity contribution in [3.05, 3.63) is 193 Å². The Kier molecular flexibility index (Phi) is 7.83. The van der Waals surface area contributed by atoms with Crippen LogP contribution < -0.4 is 4.90 Å². The molecular formula is C57H48N2. The van der Waals surface area contributed by atoms with Crippen LogP contribution in [-0.2, 0) is 5.41 Å². The lowest BCUT2D eigenvalue weighted by molar-refractivity contribution is 0.0426. The van der Waals surface area contributed by atoms with Gasteiger partial charge in [-0.2, -0.15) is 0 Å². The Balaban J connectivity index is 0.984. The van der Waals surface area contributed by atoms with E-state index < -0.39 is 0 Å². The van der Waals surface area contributed by atoms with Crippen molar-refractivity contribution in [1.82, 2.24) is 4.57 Å². The topological polar surface area (TPSA) is 8.17 Å². The fraction of sp³-hybridized carbons (Fsp3) is 0.193. The number of hydrogen-bond donors (Lipinski definition) is 0. The fourth-order valence-electron chi connectivity index (χ4n) is 12.5. The molecule has 2 nitrogen and oxygen atoms in total. The summed E-state index contributed by atoms with van der Waals surface area (Å²) in [6.07, 6.45) is 5.37. The maximum Gasteiger partial charge on any atom is 0.0543 e. The number of fused-ring (bicyclic) bond motifs is 12. The van der Waals surface area contributed by atoms with Gasteiger partial charge in [-0.05, 0) is 143 Å². The summed E-state index contributed by atoms with van der Waals surface area (Å²) in [5.74, 6) is 2.87. The van der Waals surface area contributed by atoms with E-state index in [2.05, 4.69) is 205 Å². The van der Waals surface area contributed by atoms with E-state index in [1.165, 1.54) is 103 Å². The Morgan fingerprint density at radius 2 is 1.14 bits per heavy atom. The molecule has 1 spiro atoms. The van der Waals surface area contributed by atoms with Crippen molar-refractivity contribution in [3.63, 3.8) is 0 Å². The minimum absolute atomic E-state index is 0.0391. The molecule has 12 rings (SSSR count). The summed E-state index contributed by atoms with van der Waals surface area (Å²) in [6.45, 7) is 5.08. The van der Waals surface area contributed by atoms with Crippen LogP contribution in [0, 0.1) is 23.7 Å². The largest absolute Gasteiger partial charge is 0.310 e. The molecule has 2 fully saturated rings. The molecule has 0 radical (unpaired) electrons. The number of rotatable bonds is 5. The molecule has 2 bridgehead atoms. The predicted molar refractivity (Wildman–Crippen MR) is 248 cm³/mol. The number of benzene rings is 8. The van der Waals surface area contributed by atoms with Gasteiger partial charge < -0.3 is 9.47 Å². The van der Waals surface area contributed by atoms with Gasteiger partial charge in [0, 0.05) is 38.8 Å². The van der Waals surface area contributed by atoms with Crippen LogP contribution in [0.25, 0.3) is 60.5 Å². The van der Waals surface area contributed by atoms with Gasteiger partial charge in [0.1, 0.15) is 0 Å². The highest BCUT2D eigenvalue weighted by Gasteiger charge is 2.57. The molecule has 286 valence electrons. The van der Waals surface area contributed by atoms with Crippen molar-refractivity contribution in [2.75, 3.05) is 4.90 Å². The number of hydrogen-bond acceptors (Lipinski definition) is 1. The van der Waals surface area contributed by atoms with Crippen LogP contribution in [0.1, 0.15) is 50.7 Å². The van der Waals surface area contributed by atoms with E-state index in [4.69, 9.17) is 0 Å². The van der Waals surface area contributed by atoms with Crippen molar-refractivity contribution in [2.45, 2.75) is 44.9 Å². The minimum atomic E-state index is 0.0391. The lowest BCUT2D eigenvalue weighted by atomic mass is 9.49. The van der Waals surface area contributed by atoms with E-state index in [1.54, 1.807) is 11.1 Å². The zero-order valence-electron chi connectivity index (χ0n) is 33.9. The summed E-state index contributed by atoms with van der Waals surface area (Å²) < 4.78 is 2.39. The van der Waals surface area contributed by atoms with E-state index in [1.807, 2.05) is 0 Å². The third kappa shape index (κ3) is 5.18. The smallest absolute Gasteiger partial charge is 0.0543 e. The first-order valence-electron chi connectivity index (χ1n) is 21.8. The SMILES string of the molecule is C[C@H]1C[C@@H]2C[C@H](C1)C1(c3ccccc3-c3c(N(c4ccc(-c5ccc(-n6c7ccccc7c7ccccc76)cc5)cc4)c4ccc5ccccc5c4)cccc31)[C@H](C)C2. The lowest BCUT2D eigenvalue weighted by Gasteiger charge is -2.54. The zero-order valence-corrected chi connectivity index (χ0v) is 33.9. The van der Waals surface area contributed by atoms with E-state index in [0.717, 1.165) is 11.8 Å². The van der Waals surface area contributed by atoms with E-state index in [-0.39, 0.29) is 5.41 Å². The summed E-state index contributed by atoms with van der Waals surface area (Å²) in [7, 11) is 0. The molecule has 0 aliphatic heterocycles. The average molecular weight is 761 g/mol. The Labute approximate surface area is 347 Å². The van der Waals surface area contributed by atoms with Crippen molar-refractivity contribution in [3.8, 4) is 27.9 Å². The first-order chi connectivity index (χ1) is 29.1. The summed E-state index contributed by atoms with van der Waals surface area (Å²) in [5.41, 5.74) is 15.7. The third-order valence-corrected chi connectivity index (χ3v) is 14.7. The van der Waals surface area contributed by atoms with E-state index in [9.17, 15) is 0 Å². The number of nitrogens with zero attached hydrogens (tertiary/aromatic N) is 2. The molecule has 1 heterocycles. The van der Waals surface area contributed by atoms with Gasteiger partial charge in [-0.25, -0.2) is 0 Å². The minimum Gasteiger partial charge on any atom is -0.310 e. The second kappa shape index (κ2) is 13.3. The standard InChI is InChI=1S/C57H48N2/c1-37-32-39-34-38(2)57(44(33-37)35-39)51-17-8-5-16-50(51)56-52(57)18-11-21-55(56)58(47-31-26-40-12-3-4-13-43(40)36-47)45-27-22-41(23-28-45)42-24-29-46(30-25-42)59-53-19-9-6-14-48(53)49-15-7-10-20-54(49)59/h3-31,36-39,44H,32-35H2,1-2H3/t37-,38+,39-,44-,57?/m0/s1. The second-order valence-electron chi connectivity index (χ2n) is 18.0. The van der Waals surface area contributed by atoms with Crippen LogP contribution in [0.15, 0.2) is 182 Å². The highest BCUT2D eigenvalue weighted by atomic mass is 15.1. The molecular weight excluding hydrogens is 713 g/mol. The fourth-order valence-corrected chi connectivity index (χ4v) is 12.5. The lowest BCUT2D eigenvalue weighted by Crippen LogP contribution is -2.49. The normalized spacial score (nSPS) is 21.9. The molecule has 2 heteroatoms. The predicted octanol–water partition coefficient (Wildman–Crippen LogP) is 15.4. The molecule has 5 atom stereocenters. The van der Waals surface area contributed by atoms with Gasteiger partial charge in [0.15, 0.2) is 0 Å². The maximum atomic E-state index is 2.57. The van der Waals surface area contributed by atoms with Crippen LogP contribution in [0.3, 0.4) is 0 Å². The number of anilines is 3. The summed E-state index contributed by atoms with van der Waals surface area (Å²) in [6, 6.07) is 68.3. The molecule has 1 unspecified atom stereocenters. The zero-order chi connectivity index (χ0) is 39.2. The van der Waals surface area contributed by atoms with Gasteiger partial charge in [-0.1, -0.05) is 141 Å². The van der Waals surface area contributed by atoms with Gasteiger partial charge in [0.2, 0.25) is 0 Å². The van der Waals surface area contributed by atoms with Crippen LogP contribution in [0.4, 0.5) is 17.1 Å². The van der Waals surface area contributed by atoms with E-state index >= 15 is 0 Å². The number of para-hydroxylation sites is 2. The average Bonchev–Trinajstić information content (AvgIpc) is 3.78. The van der Waals surface area contributed by atoms with Gasteiger partial charge >= 0.3 is 0 Å². The molecule has 3 aliphatic rings. The van der Waals surface area contributed by atoms with Crippen molar-refractivity contribution in [2.24, 2.45) is 23.7 Å². The van der Waals surface area contributed by atoms with Crippen molar-refractivity contribution in [1.29, 1.82) is 0 Å². The number of aromatic nitrogens is 1. The first-order valence-corrected chi connectivity index (χ1v) is 21.8. The highest BCUT2D eigenvalue weighted by molar-refractivity contribution is 6.09. The molecule has 8 aromatic carbocycles. The Morgan fingerprint density at radius 3 is 1.90 bits per heavy atom. The van der Waals surface area contributed by atoms with Crippen LogP contribution >= 0.6 is 0 Å². The van der Waals surface area contributed by atoms with Crippen LogP contribution in [0.5, 0.6) is 0 Å². The Morgan fingerprint density at radius 1 is 0.508 bits per heavy atom. The molecule has 59 heavy (non-hydrogen) atoms. The summed E-state index contributed by atoms with van der Waals surface area (Å²) >= 11 is 0. The van der Waals surface area contributed by atoms with E-state index in [0.29, 0.717) is 11.8 Å². The molecule has 1 aromatic heterocycles. The first kappa shape index (κ1) is 34.6. The van der Waals surface area contributed by atoms with Crippen molar-refractivity contribution >= 4 is 49.6 Å². The highest BCUT2D eigenvalue weighted by Crippen LogP contribution is 2.66. The third-order valence-electron chi connectivity index (χ3n) is 14.7. The molecule has 0 N–H and O–H groups in total. The molecule has 9 aromatic rings. The molecule has 3 aliphatic carbocycles.